The fourth-order valence-electron chi connectivity index (χ4n) is 1.61. The van der Waals surface area contributed by atoms with Gasteiger partial charge in [0.2, 0.25) is 10.0 Å². The van der Waals surface area contributed by atoms with Gasteiger partial charge >= 0.3 is 5.97 Å². The van der Waals surface area contributed by atoms with Gasteiger partial charge in [-0.2, -0.15) is 0 Å². The largest absolute Gasteiger partial charge is 0.478 e. The molecule has 1 aromatic carbocycles. The minimum Gasteiger partial charge on any atom is -0.478 e. The van der Waals surface area contributed by atoms with Crippen molar-refractivity contribution in [2.45, 2.75) is 11.4 Å². The van der Waals surface area contributed by atoms with Gasteiger partial charge in [-0.1, -0.05) is 12.1 Å². The van der Waals surface area contributed by atoms with Crippen molar-refractivity contribution in [3.05, 3.63) is 60.1 Å². The SMILES string of the molecule is O=C(O)/C=C/c1cccc(S(=O)(=O)NCc2ccoc2)c1. The Morgan fingerprint density at radius 1 is 1.33 bits per heavy atom. The van der Waals surface area contributed by atoms with Gasteiger partial charge in [-0.05, 0) is 29.8 Å². The molecule has 0 saturated carbocycles. The summed E-state index contributed by atoms with van der Waals surface area (Å²) < 4.78 is 31.6. The van der Waals surface area contributed by atoms with Crippen LogP contribution in [0.2, 0.25) is 0 Å². The van der Waals surface area contributed by atoms with Crippen LogP contribution in [0.25, 0.3) is 6.08 Å². The third-order valence-electron chi connectivity index (χ3n) is 2.63. The first-order valence-electron chi connectivity index (χ1n) is 5.99. The van der Waals surface area contributed by atoms with E-state index in [1.165, 1.54) is 30.7 Å². The molecular weight excluding hydrogens is 294 g/mol. The molecule has 21 heavy (non-hydrogen) atoms. The van der Waals surface area contributed by atoms with Crippen molar-refractivity contribution >= 4 is 22.1 Å². The summed E-state index contributed by atoms with van der Waals surface area (Å²) in [5.41, 5.74) is 1.20. The van der Waals surface area contributed by atoms with Crippen molar-refractivity contribution in [3.63, 3.8) is 0 Å². The second-order valence-electron chi connectivity index (χ2n) is 4.20. The molecule has 0 spiro atoms. The fraction of sp³-hybridized carbons (Fsp3) is 0.0714. The summed E-state index contributed by atoms with van der Waals surface area (Å²) in [6, 6.07) is 7.67. The molecule has 1 aromatic heterocycles. The second-order valence-corrected chi connectivity index (χ2v) is 5.97. The van der Waals surface area contributed by atoms with Crippen LogP contribution in [-0.2, 0) is 21.4 Å². The van der Waals surface area contributed by atoms with E-state index in [0.717, 1.165) is 6.08 Å². The van der Waals surface area contributed by atoms with Gasteiger partial charge in [0.15, 0.2) is 0 Å². The molecule has 0 fully saturated rings. The van der Waals surface area contributed by atoms with Gasteiger partial charge in [0, 0.05) is 18.2 Å². The van der Waals surface area contributed by atoms with Crippen LogP contribution in [0.5, 0.6) is 0 Å². The molecule has 0 aliphatic heterocycles. The smallest absolute Gasteiger partial charge is 0.328 e. The molecule has 0 atom stereocenters. The topological polar surface area (TPSA) is 96.6 Å². The van der Waals surface area contributed by atoms with Gasteiger partial charge in [-0.3, -0.25) is 0 Å². The van der Waals surface area contributed by atoms with Crippen LogP contribution in [0.15, 0.2) is 58.2 Å². The van der Waals surface area contributed by atoms with Crippen LogP contribution in [0.1, 0.15) is 11.1 Å². The summed E-state index contributed by atoms with van der Waals surface area (Å²) in [4.78, 5) is 10.5. The maximum atomic E-state index is 12.1. The predicted molar refractivity (Wildman–Crippen MR) is 75.8 cm³/mol. The first-order chi connectivity index (χ1) is 9.97. The molecule has 1 heterocycles. The lowest BCUT2D eigenvalue weighted by Gasteiger charge is -2.06. The summed E-state index contributed by atoms with van der Waals surface area (Å²) in [5.74, 6) is -1.10. The van der Waals surface area contributed by atoms with E-state index in [9.17, 15) is 13.2 Å². The maximum absolute atomic E-state index is 12.1. The zero-order valence-electron chi connectivity index (χ0n) is 10.9. The van der Waals surface area contributed by atoms with Gasteiger partial charge in [-0.25, -0.2) is 17.9 Å². The molecule has 2 aromatic rings. The summed E-state index contributed by atoms with van der Waals surface area (Å²) in [6.45, 7) is 0.119. The van der Waals surface area contributed by atoms with Gasteiger partial charge in [-0.15, -0.1) is 0 Å². The number of nitrogens with one attached hydrogen (secondary N) is 1. The summed E-state index contributed by atoms with van der Waals surface area (Å²) in [7, 11) is -3.67. The Bertz CT molecular complexity index is 747. The molecule has 0 amide bonds. The Morgan fingerprint density at radius 2 is 2.14 bits per heavy atom. The molecule has 2 N–H and O–H groups in total. The van der Waals surface area contributed by atoms with Crippen LogP contribution in [0.4, 0.5) is 0 Å². The quantitative estimate of drug-likeness (QED) is 0.794. The Kier molecular flexibility index (Phi) is 4.56. The molecule has 0 radical (unpaired) electrons. The summed E-state index contributed by atoms with van der Waals surface area (Å²) >= 11 is 0. The van der Waals surface area contributed by atoms with Gasteiger partial charge in [0.25, 0.3) is 0 Å². The normalized spacial score (nSPS) is 11.8. The number of hydrogen-bond acceptors (Lipinski definition) is 4. The maximum Gasteiger partial charge on any atom is 0.328 e. The van der Waals surface area contributed by atoms with E-state index in [-0.39, 0.29) is 11.4 Å². The molecule has 0 unspecified atom stereocenters. The number of rotatable bonds is 6. The lowest BCUT2D eigenvalue weighted by atomic mass is 10.2. The molecule has 110 valence electrons. The van der Waals surface area contributed by atoms with Crippen LogP contribution in [0, 0.1) is 0 Å². The van der Waals surface area contributed by atoms with Crippen LogP contribution >= 0.6 is 0 Å². The van der Waals surface area contributed by atoms with Crippen molar-refractivity contribution < 1.29 is 22.7 Å². The van der Waals surface area contributed by atoms with Crippen molar-refractivity contribution in [1.82, 2.24) is 4.72 Å². The predicted octanol–water partition coefficient (Wildman–Crippen LogP) is 1.86. The summed E-state index contributed by atoms with van der Waals surface area (Å²) in [6.07, 6.45) is 5.19. The van der Waals surface area contributed by atoms with Crippen LogP contribution in [0.3, 0.4) is 0 Å². The highest BCUT2D eigenvalue weighted by Gasteiger charge is 2.14. The molecular formula is C14H13NO5S. The highest BCUT2D eigenvalue weighted by Crippen LogP contribution is 2.13. The lowest BCUT2D eigenvalue weighted by Crippen LogP contribution is -2.23. The van der Waals surface area contributed by atoms with Crippen LogP contribution < -0.4 is 4.72 Å². The van der Waals surface area contributed by atoms with Crippen molar-refractivity contribution in [2.75, 3.05) is 0 Å². The van der Waals surface area contributed by atoms with E-state index in [1.54, 1.807) is 18.2 Å². The number of carboxylic acids is 1. The second kappa shape index (κ2) is 6.38. The standard InChI is InChI=1S/C14H13NO5S/c16-14(17)5-4-11-2-1-3-13(8-11)21(18,19)15-9-12-6-7-20-10-12/h1-8,10,15H,9H2,(H,16,17)/b5-4+. The summed E-state index contributed by atoms with van der Waals surface area (Å²) in [5, 5.41) is 8.57. The highest BCUT2D eigenvalue weighted by atomic mass is 32.2. The molecule has 0 aliphatic rings. The van der Waals surface area contributed by atoms with E-state index in [0.29, 0.717) is 11.1 Å². The van der Waals surface area contributed by atoms with Crippen molar-refractivity contribution in [1.29, 1.82) is 0 Å². The first-order valence-corrected chi connectivity index (χ1v) is 7.47. The molecule has 7 heteroatoms. The van der Waals surface area contributed by atoms with Gasteiger partial charge < -0.3 is 9.52 Å². The Hall–Kier alpha value is -2.38. The fourth-order valence-corrected chi connectivity index (χ4v) is 2.68. The van der Waals surface area contributed by atoms with Crippen molar-refractivity contribution in [2.24, 2.45) is 0 Å². The Labute approximate surface area is 121 Å². The lowest BCUT2D eigenvalue weighted by molar-refractivity contribution is -0.131. The van der Waals surface area contributed by atoms with Gasteiger partial charge in [0.1, 0.15) is 0 Å². The van der Waals surface area contributed by atoms with E-state index < -0.39 is 16.0 Å². The number of sulfonamides is 1. The Morgan fingerprint density at radius 3 is 2.81 bits per heavy atom. The monoisotopic (exact) mass is 307 g/mol. The molecule has 0 saturated heterocycles. The van der Waals surface area contributed by atoms with E-state index in [1.807, 2.05) is 0 Å². The number of furan rings is 1. The zero-order valence-corrected chi connectivity index (χ0v) is 11.7. The van der Waals surface area contributed by atoms with E-state index in [4.69, 9.17) is 9.52 Å². The molecule has 0 aliphatic carbocycles. The minimum absolute atomic E-state index is 0.0681. The first kappa shape index (κ1) is 15.0. The average Bonchev–Trinajstić information content (AvgIpc) is 2.97. The molecule has 2 rings (SSSR count). The zero-order chi connectivity index (χ0) is 15.3. The third-order valence-corrected chi connectivity index (χ3v) is 4.03. The molecule has 0 bridgehead atoms. The van der Waals surface area contributed by atoms with Crippen molar-refractivity contribution in [3.8, 4) is 0 Å². The third kappa shape index (κ3) is 4.30. The average molecular weight is 307 g/mol. The number of aliphatic carboxylic acids is 1. The number of benzene rings is 1. The van der Waals surface area contributed by atoms with Crippen LogP contribution in [-0.4, -0.2) is 19.5 Å². The van der Waals surface area contributed by atoms with E-state index in [2.05, 4.69) is 4.72 Å². The highest BCUT2D eigenvalue weighted by molar-refractivity contribution is 7.89. The number of carbonyl (C=O) groups is 1. The number of carboxylic acid groups (broad SMARTS) is 1. The van der Waals surface area contributed by atoms with Gasteiger partial charge in [0.05, 0.1) is 17.4 Å². The van der Waals surface area contributed by atoms with E-state index >= 15 is 0 Å². The minimum atomic E-state index is -3.67. The molecule has 6 nitrogen and oxygen atoms in total. The Balaban J connectivity index is 2.16. The number of hydrogen-bond donors (Lipinski definition) is 2.